The SMILES string of the molecule is CCCCC(NC(C)=O)C1C(N)CCC1(O)C(=O)O. The van der Waals surface area contributed by atoms with Gasteiger partial charge in [0, 0.05) is 24.9 Å². The largest absolute Gasteiger partial charge is 0.479 e. The van der Waals surface area contributed by atoms with Gasteiger partial charge in [0.1, 0.15) is 0 Å². The smallest absolute Gasteiger partial charge is 0.336 e. The minimum atomic E-state index is -1.83. The van der Waals surface area contributed by atoms with Crippen molar-refractivity contribution in [2.45, 2.75) is 63.6 Å². The minimum Gasteiger partial charge on any atom is -0.479 e. The number of carboxylic acids is 1. The molecule has 0 aromatic carbocycles. The number of amides is 1. The Bertz CT molecular complexity index is 348. The van der Waals surface area contributed by atoms with E-state index in [9.17, 15) is 19.8 Å². The molecule has 0 aromatic heterocycles. The lowest BCUT2D eigenvalue weighted by Gasteiger charge is -2.35. The van der Waals surface area contributed by atoms with Crippen LogP contribution in [-0.2, 0) is 9.59 Å². The third-order valence-corrected chi connectivity index (χ3v) is 3.93. The molecule has 0 aromatic rings. The van der Waals surface area contributed by atoms with Gasteiger partial charge in [-0.3, -0.25) is 4.79 Å². The second-order valence-corrected chi connectivity index (χ2v) is 5.41. The molecule has 0 heterocycles. The average Bonchev–Trinajstić information content (AvgIpc) is 2.62. The van der Waals surface area contributed by atoms with Gasteiger partial charge in [0.25, 0.3) is 0 Å². The number of nitrogens with one attached hydrogen (secondary N) is 1. The van der Waals surface area contributed by atoms with Gasteiger partial charge in [0.05, 0.1) is 0 Å². The lowest BCUT2D eigenvalue weighted by Crippen LogP contribution is -2.56. The van der Waals surface area contributed by atoms with Crippen molar-refractivity contribution in [1.29, 1.82) is 0 Å². The number of carboxylic acid groups (broad SMARTS) is 1. The number of carbonyl (C=O) groups is 2. The Hall–Kier alpha value is -1.14. The van der Waals surface area contributed by atoms with Gasteiger partial charge in [-0.15, -0.1) is 0 Å². The molecule has 1 aliphatic carbocycles. The Labute approximate surface area is 113 Å². The summed E-state index contributed by atoms with van der Waals surface area (Å²) in [6, 6.07) is -0.800. The fourth-order valence-electron chi connectivity index (χ4n) is 2.99. The van der Waals surface area contributed by atoms with Gasteiger partial charge in [-0.1, -0.05) is 19.8 Å². The summed E-state index contributed by atoms with van der Waals surface area (Å²) >= 11 is 0. The predicted molar refractivity (Wildman–Crippen MR) is 70.4 cm³/mol. The van der Waals surface area contributed by atoms with Crippen molar-refractivity contribution < 1.29 is 19.8 Å². The number of aliphatic carboxylic acids is 1. The van der Waals surface area contributed by atoms with Gasteiger partial charge in [0.2, 0.25) is 5.91 Å². The molecular formula is C13H24N2O4. The molecule has 0 bridgehead atoms. The molecule has 4 unspecified atom stereocenters. The van der Waals surface area contributed by atoms with Gasteiger partial charge in [-0.2, -0.15) is 0 Å². The number of hydrogen-bond acceptors (Lipinski definition) is 4. The maximum Gasteiger partial charge on any atom is 0.336 e. The van der Waals surface area contributed by atoms with Crippen LogP contribution in [0.4, 0.5) is 0 Å². The van der Waals surface area contributed by atoms with Crippen molar-refractivity contribution >= 4 is 11.9 Å². The van der Waals surface area contributed by atoms with Crippen molar-refractivity contribution in [2.75, 3.05) is 0 Å². The molecule has 0 saturated heterocycles. The summed E-state index contributed by atoms with van der Waals surface area (Å²) in [5, 5.41) is 22.4. The summed E-state index contributed by atoms with van der Waals surface area (Å²) in [5.41, 5.74) is 4.13. The van der Waals surface area contributed by atoms with E-state index in [4.69, 9.17) is 5.73 Å². The molecular weight excluding hydrogens is 248 g/mol. The zero-order valence-electron chi connectivity index (χ0n) is 11.6. The first-order chi connectivity index (χ1) is 8.82. The van der Waals surface area contributed by atoms with Crippen LogP contribution >= 0.6 is 0 Å². The Morgan fingerprint density at radius 3 is 2.63 bits per heavy atom. The van der Waals surface area contributed by atoms with E-state index in [1.54, 1.807) is 0 Å². The maximum atomic E-state index is 11.3. The minimum absolute atomic E-state index is 0.135. The van der Waals surface area contributed by atoms with E-state index < -0.39 is 29.6 Å². The molecule has 6 heteroatoms. The van der Waals surface area contributed by atoms with Crippen LogP contribution in [0.25, 0.3) is 0 Å². The number of carbonyl (C=O) groups excluding carboxylic acids is 1. The van der Waals surface area contributed by atoms with Gasteiger partial charge < -0.3 is 21.3 Å². The lowest BCUT2D eigenvalue weighted by atomic mass is 9.81. The Kier molecular flexibility index (Phi) is 5.31. The maximum absolute atomic E-state index is 11.3. The summed E-state index contributed by atoms with van der Waals surface area (Å²) in [5.74, 6) is -2.12. The molecule has 19 heavy (non-hydrogen) atoms. The Balaban J connectivity index is 2.95. The van der Waals surface area contributed by atoms with Gasteiger partial charge in [-0.25, -0.2) is 4.79 Å². The highest BCUT2D eigenvalue weighted by Gasteiger charge is 2.54. The van der Waals surface area contributed by atoms with E-state index in [1.165, 1.54) is 6.92 Å². The summed E-state index contributed by atoms with van der Waals surface area (Å²) in [4.78, 5) is 22.6. The van der Waals surface area contributed by atoms with E-state index in [2.05, 4.69) is 5.32 Å². The summed E-state index contributed by atoms with van der Waals surface area (Å²) in [6.45, 7) is 3.40. The monoisotopic (exact) mass is 272 g/mol. The van der Waals surface area contributed by atoms with Crippen LogP contribution < -0.4 is 11.1 Å². The van der Waals surface area contributed by atoms with Crippen LogP contribution in [0.5, 0.6) is 0 Å². The second kappa shape index (κ2) is 6.34. The number of unbranched alkanes of at least 4 members (excludes halogenated alkanes) is 1. The molecule has 110 valence electrons. The van der Waals surface area contributed by atoms with Crippen molar-refractivity contribution in [1.82, 2.24) is 5.32 Å². The fraction of sp³-hybridized carbons (Fsp3) is 0.846. The highest BCUT2D eigenvalue weighted by Crippen LogP contribution is 2.38. The zero-order chi connectivity index (χ0) is 14.6. The lowest BCUT2D eigenvalue weighted by molar-refractivity contribution is -0.164. The summed E-state index contributed by atoms with van der Waals surface area (Å²) in [6.07, 6.45) is 3.00. The van der Waals surface area contributed by atoms with Gasteiger partial charge >= 0.3 is 5.97 Å². The molecule has 5 N–H and O–H groups in total. The van der Waals surface area contributed by atoms with Crippen molar-refractivity contribution in [3.05, 3.63) is 0 Å². The van der Waals surface area contributed by atoms with Crippen molar-refractivity contribution in [2.24, 2.45) is 11.7 Å². The Morgan fingerprint density at radius 2 is 2.16 bits per heavy atom. The van der Waals surface area contributed by atoms with Gasteiger partial charge in [0.15, 0.2) is 5.60 Å². The normalized spacial score (nSPS) is 32.0. The van der Waals surface area contributed by atoms with Crippen LogP contribution in [0, 0.1) is 5.92 Å². The Morgan fingerprint density at radius 1 is 1.53 bits per heavy atom. The van der Waals surface area contributed by atoms with Crippen molar-refractivity contribution in [3.8, 4) is 0 Å². The predicted octanol–water partition coefficient (Wildman–Crippen LogP) is 0.234. The quantitative estimate of drug-likeness (QED) is 0.553. The fourth-order valence-corrected chi connectivity index (χ4v) is 2.99. The molecule has 0 aliphatic heterocycles. The highest BCUT2D eigenvalue weighted by atomic mass is 16.4. The van der Waals surface area contributed by atoms with E-state index in [0.717, 1.165) is 12.8 Å². The molecule has 1 fully saturated rings. The molecule has 1 rings (SSSR count). The first-order valence-corrected chi connectivity index (χ1v) is 6.81. The van der Waals surface area contributed by atoms with E-state index in [-0.39, 0.29) is 12.3 Å². The first kappa shape index (κ1) is 15.9. The molecule has 4 atom stereocenters. The molecule has 1 aliphatic rings. The van der Waals surface area contributed by atoms with E-state index in [1.807, 2.05) is 6.92 Å². The molecule has 1 saturated carbocycles. The summed E-state index contributed by atoms with van der Waals surface area (Å²) in [7, 11) is 0. The number of aliphatic hydroxyl groups is 1. The number of hydrogen-bond donors (Lipinski definition) is 4. The molecule has 6 nitrogen and oxygen atoms in total. The van der Waals surface area contributed by atoms with Crippen LogP contribution in [0.15, 0.2) is 0 Å². The van der Waals surface area contributed by atoms with Crippen LogP contribution in [-0.4, -0.2) is 39.8 Å². The third kappa shape index (κ3) is 3.45. The van der Waals surface area contributed by atoms with Crippen LogP contribution in [0.3, 0.4) is 0 Å². The zero-order valence-corrected chi connectivity index (χ0v) is 11.6. The van der Waals surface area contributed by atoms with Crippen LogP contribution in [0.1, 0.15) is 46.0 Å². The number of rotatable bonds is 6. The van der Waals surface area contributed by atoms with E-state index in [0.29, 0.717) is 12.8 Å². The van der Waals surface area contributed by atoms with Gasteiger partial charge in [-0.05, 0) is 19.3 Å². The second-order valence-electron chi connectivity index (χ2n) is 5.41. The third-order valence-electron chi connectivity index (χ3n) is 3.93. The molecule has 0 spiro atoms. The number of nitrogens with two attached hydrogens (primary N) is 1. The first-order valence-electron chi connectivity index (χ1n) is 6.81. The van der Waals surface area contributed by atoms with E-state index >= 15 is 0 Å². The summed E-state index contributed by atoms with van der Waals surface area (Å²) < 4.78 is 0. The van der Waals surface area contributed by atoms with Crippen molar-refractivity contribution in [3.63, 3.8) is 0 Å². The molecule has 0 radical (unpaired) electrons. The average molecular weight is 272 g/mol. The highest BCUT2D eigenvalue weighted by molar-refractivity contribution is 5.79. The standard InChI is InChI=1S/C13H24N2O4/c1-3-4-5-10(15-8(2)16)11-9(14)6-7-13(11,19)12(17)18/h9-11,19H,3-7,14H2,1-2H3,(H,15,16)(H,17,18). The van der Waals surface area contributed by atoms with Crippen LogP contribution in [0.2, 0.25) is 0 Å². The molecule has 1 amide bonds. The topological polar surface area (TPSA) is 113 Å².